The molecule has 1 atom stereocenters. The molecular weight excluding hydrogens is 382 g/mol. The highest BCUT2D eigenvalue weighted by Crippen LogP contribution is 2.35. The number of hydrogen-bond donors (Lipinski definition) is 3. The molecule has 1 fully saturated rings. The van der Waals surface area contributed by atoms with Gasteiger partial charge in [0.15, 0.2) is 0 Å². The number of benzene rings is 1. The fourth-order valence-corrected chi connectivity index (χ4v) is 4.44. The number of H-pyrrole nitrogens is 1. The molecule has 2 aliphatic rings. The van der Waals surface area contributed by atoms with E-state index in [1.807, 2.05) is 11.8 Å². The largest absolute Gasteiger partial charge is 0.494 e. The molecule has 8 nitrogen and oxygen atoms in total. The van der Waals surface area contributed by atoms with E-state index in [9.17, 15) is 9.59 Å². The number of nitrogens with one attached hydrogen (secondary N) is 3. The van der Waals surface area contributed by atoms with Crippen molar-refractivity contribution in [1.29, 1.82) is 0 Å². The molecule has 8 heteroatoms. The van der Waals surface area contributed by atoms with E-state index in [4.69, 9.17) is 4.74 Å². The summed E-state index contributed by atoms with van der Waals surface area (Å²) in [7, 11) is 0. The van der Waals surface area contributed by atoms with Gasteiger partial charge in [0.1, 0.15) is 11.8 Å². The first-order chi connectivity index (χ1) is 14.5. The summed E-state index contributed by atoms with van der Waals surface area (Å²) < 4.78 is 5.40. The summed E-state index contributed by atoms with van der Waals surface area (Å²) in [6, 6.07) is 6.35. The molecule has 1 saturated heterocycles. The van der Waals surface area contributed by atoms with Crippen molar-refractivity contribution in [2.24, 2.45) is 0 Å². The van der Waals surface area contributed by atoms with E-state index < -0.39 is 6.04 Å². The van der Waals surface area contributed by atoms with Crippen LogP contribution in [0.2, 0.25) is 0 Å². The number of aromatic amines is 1. The molecule has 0 aliphatic carbocycles. The van der Waals surface area contributed by atoms with Crippen LogP contribution >= 0.6 is 0 Å². The zero-order valence-electron chi connectivity index (χ0n) is 17.5. The molecule has 3 heterocycles. The second-order valence-corrected chi connectivity index (χ2v) is 7.97. The van der Waals surface area contributed by atoms with Gasteiger partial charge in [-0.05, 0) is 51.0 Å². The van der Waals surface area contributed by atoms with Gasteiger partial charge in [-0.15, -0.1) is 0 Å². The molecule has 30 heavy (non-hydrogen) atoms. The minimum absolute atomic E-state index is 0.0535. The lowest BCUT2D eigenvalue weighted by molar-refractivity contribution is -0.134. The van der Waals surface area contributed by atoms with Crippen LogP contribution in [-0.2, 0) is 16.8 Å². The summed E-state index contributed by atoms with van der Waals surface area (Å²) in [4.78, 5) is 35.1. The van der Waals surface area contributed by atoms with Crippen molar-refractivity contribution in [3.8, 4) is 5.75 Å². The van der Waals surface area contributed by atoms with Crippen LogP contribution in [0.15, 0.2) is 30.6 Å². The summed E-state index contributed by atoms with van der Waals surface area (Å²) in [6.07, 6.45) is 4.34. The zero-order valence-corrected chi connectivity index (χ0v) is 17.5. The fourth-order valence-electron chi connectivity index (χ4n) is 4.44. The monoisotopic (exact) mass is 411 g/mol. The molecule has 1 aromatic heterocycles. The third-order valence-electron chi connectivity index (χ3n) is 6.08. The summed E-state index contributed by atoms with van der Waals surface area (Å²) >= 11 is 0. The van der Waals surface area contributed by atoms with Crippen LogP contribution in [0.1, 0.15) is 48.4 Å². The number of carbonyl (C=O) groups excluding carboxylic acids is 2. The summed E-state index contributed by atoms with van der Waals surface area (Å²) in [6.45, 7) is 6.42. The molecule has 2 aromatic rings. The second kappa shape index (κ2) is 8.47. The van der Waals surface area contributed by atoms with Crippen molar-refractivity contribution in [1.82, 2.24) is 25.5 Å². The van der Waals surface area contributed by atoms with E-state index in [0.717, 1.165) is 37.3 Å². The van der Waals surface area contributed by atoms with Crippen LogP contribution in [0.5, 0.6) is 5.75 Å². The number of hydrogen-bond acceptors (Lipinski definition) is 5. The van der Waals surface area contributed by atoms with Gasteiger partial charge in [0.2, 0.25) is 5.91 Å². The summed E-state index contributed by atoms with van der Waals surface area (Å²) in [5, 5.41) is 6.46. The first-order valence-electron chi connectivity index (χ1n) is 10.6. The molecule has 0 unspecified atom stereocenters. The van der Waals surface area contributed by atoms with Crippen molar-refractivity contribution in [2.45, 2.75) is 44.7 Å². The lowest BCUT2D eigenvalue weighted by atomic mass is 9.80. The maximum Gasteiger partial charge on any atom is 0.251 e. The molecule has 2 aliphatic heterocycles. The Morgan fingerprint density at radius 3 is 2.70 bits per heavy atom. The van der Waals surface area contributed by atoms with E-state index in [1.165, 1.54) is 5.69 Å². The Morgan fingerprint density at radius 2 is 2.00 bits per heavy atom. The Balaban J connectivity index is 1.33. The van der Waals surface area contributed by atoms with Crippen LogP contribution < -0.4 is 15.4 Å². The van der Waals surface area contributed by atoms with E-state index in [-0.39, 0.29) is 17.4 Å². The lowest BCUT2D eigenvalue weighted by Crippen LogP contribution is -2.57. The molecule has 0 bridgehead atoms. The molecule has 0 saturated carbocycles. The molecule has 1 spiro atoms. The fraction of sp³-hybridized carbons (Fsp3) is 0.500. The second-order valence-electron chi connectivity index (χ2n) is 7.97. The first-order valence-corrected chi connectivity index (χ1v) is 10.6. The minimum Gasteiger partial charge on any atom is -0.494 e. The number of rotatable bonds is 5. The van der Waals surface area contributed by atoms with Crippen LogP contribution in [0.25, 0.3) is 0 Å². The molecule has 0 radical (unpaired) electrons. The van der Waals surface area contributed by atoms with Crippen molar-refractivity contribution in [3.05, 3.63) is 47.5 Å². The van der Waals surface area contributed by atoms with Gasteiger partial charge in [0, 0.05) is 37.3 Å². The number of amides is 2. The minimum atomic E-state index is -0.585. The first kappa shape index (κ1) is 20.4. The normalized spacial score (nSPS) is 18.5. The van der Waals surface area contributed by atoms with Gasteiger partial charge in [-0.2, -0.15) is 0 Å². The third-order valence-corrected chi connectivity index (χ3v) is 6.08. The number of carbonyl (C=O) groups is 2. The standard InChI is InChI=1S/C22H29N5O3/c1-3-30-17-6-4-16(5-7-17)20(28)26-15(2)21(29)27-12-9-22(10-13-27)19-18(8-11-25-22)23-14-24-19/h4-7,14-15,25H,3,8-13H2,1-2H3,(H,23,24)(H,26,28)/t15-/m0/s1. The average Bonchev–Trinajstić information content (AvgIpc) is 3.25. The number of ether oxygens (including phenoxy) is 1. The highest BCUT2D eigenvalue weighted by molar-refractivity contribution is 5.97. The topological polar surface area (TPSA) is 99.4 Å². The Bertz CT molecular complexity index is 900. The third kappa shape index (κ3) is 3.92. The zero-order chi connectivity index (χ0) is 21.1. The Kier molecular flexibility index (Phi) is 5.76. The predicted molar refractivity (Wildman–Crippen MR) is 112 cm³/mol. The van der Waals surface area contributed by atoms with E-state index >= 15 is 0 Å². The summed E-state index contributed by atoms with van der Waals surface area (Å²) in [5.41, 5.74) is 2.65. The van der Waals surface area contributed by atoms with Gasteiger partial charge < -0.3 is 25.3 Å². The van der Waals surface area contributed by atoms with Crippen LogP contribution in [0, 0.1) is 0 Å². The quantitative estimate of drug-likeness (QED) is 0.694. The highest BCUT2D eigenvalue weighted by atomic mass is 16.5. The number of aromatic nitrogens is 2. The number of nitrogens with zero attached hydrogens (tertiary/aromatic N) is 2. The van der Waals surface area contributed by atoms with Crippen molar-refractivity contribution < 1.29 is 14.3 Å². The average molecular weight is 412 g/mol. The number of fused-ring (bicyclic) bond motifs is 2. The van der Waals surface area contributed by atoms with Gasteiger partial charge >= 0.3 is 0 Å². The van der Waals surface area contributed by atoms with Gasteiger partial charge in [-0.1, -0.05) is 0 Å². The number of imidazole rings is 1. The van der Waals surface area contributed by atoms with Crippen molar-refractivity contribution >= 4 is 11.8 Å². The van der Waals surface area contributed by atoms with Crippen LogP contribution in [0.4, 0.5) is 0 Å². The molecular formula is C22H29N5O3. The van der Waals surface area contributed by atoms with Crippen LogP contribution in [-0.4, -0.2) is 59.0 Å². The predicted octanol–water partition coefficient (Wildman–Crippen LogP) is 1.59. The Morgan fingerprint density at radius 1 is 1.27 bits per heavy atom. The molecule has 1 aromatic carbocycles. The molecule has 3 N–H and O–H groups in total. The summed E-state index contributed by atoms with van der Waals surface area (Å²) in [5.74, 6) is 0.404. The van der Waals surface area contributed by atoms with Crippen molar-refractivity contribution in [2.75, 3.05) is 26.2 Å². The Hall–Kier alpha value is -2.87. The molecule has 4 rings (SSSR count). The van der Waals surface area contributed by atoms with Crippen molar-refractivity contribution in [3.63, 3.8) is 0 Å². The highest BCUT2D eigenvalue weighted by Gasteiger charge is 2.42. The van der Waals surface area contributed by atoms with Gasteiger partial charge in [0.25, 0.3) is 5.91 Å². The SMILES string of the molecule is CCOc1ccc(C(=O)N[C@@H](C)C(=O)N2CCC3(CC2)NCCc2[nH]cnc23)cc1. The van der Waals surface area contributed by atoms with Crippen LogP contribution in [0.3, 0.4) is 0 Å². The maximum atomic E-state index is 12.9. The Labute approximate surface area is 176 Å². The lowest BCUT2D eigenvalue weighted by Gasteiger charge is -2.44. The van der Waals surface area contributed by atoms with Gasteiger partial charge in [-0.25, -0.2) is 4.98 Å². The maximum absolute atomic E-state index is 12.9. The van der Waals surface area contributed by atoms with Gasteiger partial charge in [0.05, 0.1) is 24.2 Å². The van der Waals surface area contributed by atoms with E-state index in [2.05, 4.69) is 20.6 Å². The van der Waals surface area contributed by atoms with E-state index in [1.54, 1.807) is 37.5 Å². The van der Waals surface area contributed by atoms with E-state index in [0.29, 0.717) is 25.3 Å². The molecule has 2 amide bonds. The van der Waals surface area contributed by atoms with Gasteiger partial charge in [-0.3, -0.25) is 9.59 Å². The molecule has 160 valence electrons. The number of piperidine rings is 1. The number of likely N-dealkylation sites (tertiary alicyclic amines) is 1. The smallest absolute Gasteiger partial charge is 0.251 e.